The minimum atomic E-state index is -0.780. The molecule has 4 fully saturated rings. The van der Waals surface area contributed by atoms with Crippen LogP contribution in [0.3, 0.4) is 0 Å². The van der Waals surface area contributed by atoms with E-state index in [0.717, 1.165) is 32.1 Å². The number of ketones is 1. The molecule has 0 aliphatic heterocycles. The fourth-order valence-electron chi connectivity index (χ4n) is 9.15. The van der Waals surface area contributed by atoms with Crippen LogP contribution in [0.15, 0.2) is 0 Å². The summed E-state index contributed by atoms with van der Waals surface area (Å²) in [6, 6.07) is 0. The van der Waals surface area contributed by atoms with Gasteiger partial charge >= 0.3 is 0 Å². The number of rotatable bonds is 5. The van der Waals surface area contributed by atoms with Gasteiger partial charge in [-0.1, -0.05) is 13.8 Å². The van der Waals surface area contributed by atoms with Crippen LogP contribution in [0.4, 0.5) is 0 Å². The topological polar surface area (TPSA) is 98.0 Å². The van der Waals surface area contributed by atoms with Gasteiger partial charge in [0.25, 0.3) is 0 Å². The predicted octanol–water partition coefficient (Wildman–Crippen LogP) is 3.85. The van der Waals surface area contributed by atoms with E-state index in [1.165, 1.54) is 0 Å². The zero-order valence-corrected chi connectivity index (χ0v) is 20.8. The van der Waals surface area contributed by atoms with Crippen LogP contribution in [0, 0.1) is 40.4 Å². The molecule has 32 heavy (non-hydrogen) atoms. The van der Waals surface area contributed by atoms with Gasteiger partial charge in [0, 0.05) is 12.3 Å². The molecule has 4 aliphatic carbocycles. The summed E-state index contributed by atoms with van der Waals surface area (Å²) in [7, 11) is 0. The van der Waals surface area contributed by atoms with Crippen LogP contribution in [-0.4, -0.2) is 49.6 Å². The van der Waals surface area contributed by atoms with Crippen LogP contribution in [0.5, 0.6) is 0 Å². The highest BCUT2D eigenvalue weighted by molar-refractivity contribution is 5.83. The first-order valence-corrected chi connectivity index (χ1v) is 13.0. The molecule has 4 saturated carbocycles. The minimum Gasteiger partial charge on any atom is -0.390 e. The van der Waals surface area contributed by atoms with Gasteiger partial charge in [-0.2, -0.15) is 0 Å². The first-order chi connectivity index (χ1) is 14.7. The summed E-state index contributed by atoms with van der Waals surface area (Å²) in [4.78, 5) is 13.3. The molecular weight excluding hydrogens is 404 g/mol. The molecule has 4 N–H and O–H groups in total. The summed E-state index contributed by atoms with van der Waals surface area (Å²) < 4.78 is 0. The van der Waals surface area contributed by atoms with Crippen LogP contribution < -0.4 is 0 Å². The van der Waals surface area contributed by atoms with Crippen molar-refractivity contribution in [1.29, 1.82) is 0 Å². The largest absolute Gasteiger partial charge is 0.390 e. The van der Waals surface area contributed by atoms with Crippen molar-refractivity contribution in [3.05, 3.63) is 0 Å². The van der Waals surface area contributed by atoms with E-state index in [-0.39, 0.29) is 28.4 Å². The SMILES string of the molecule is CC(C)(O)CCC[C@](C)(O)C1CCC2[C@@H]3CC(=O)[C@@H]4C[C@@H](O)[C@@H](O)C[C@]4(C)[C@H]3CC[C@@]21C. The number of aliphatic hydroxyl groups is 4. The average Bonchev–Trinajstić information content (AvgIpc) is 3.01. The Kier molecular flexibility index (Phi) is 6.18. The van der Waals surface area contributed by atoms with Crippen molar-refractivity contribution in [2.45, 2.75) is 122 Å². The molecule has 4 aliphatic rings. The number of hydrogen-bond acceptors (Lipinski definition) is 5. The first kappa shape index (κ1) is 24.6. The average molecular weight is 451 g/mol. The number of fused-ring (bicyclic) bond motifs is 5. The minimum absolute atomic E-state index is 0.0235. The third-order valence-electron chi connectivity index (χ3n) is 10.7. The number of Topliss-reactive ketones (excluding diaryl/α,β-unsaturated/α-hetero) is 1. The highest BCUT2D eigenvalue weighted by Gasteiger charge is 2.64. The lowest BCUT2D eigenvalue weighted by atomic mass is 9.43. The van der Waals surface area contributed by atoms with Gasteiger partial charge in [0.2, 0.25) is 0 Å². The van der Waals surface area contributed by atoms with Crippen molar-refractivity contribution in [1.82, 2.24) is 0 Å². The van der Waals surface area contributed by atoms with E-state index in [2.05, 4.69) is 13.8 Å². The normalized spacial score (nSPS) is 48.5. The van der Waals surface area contributed by atoms with Gasteiger partial charge in [-0.25, -0.2) is 0 Å². The van der Waals surface area contributed by atoms with Crippen LogP contribution in [-0.2, 0) is 4.79 Å². The highest BCUT2D eigenvalue weighted by atomic mass is 16.3. The molecule has 0 amide bonds. The molecule has 0 aromatic heterocycles. The number of aliphatic hydroxyl groups excluding tert-OH is 2. The van der Waals surface area contributed by atoms with Crippen molar-refractivity contribution < 1.29 is 25.2 Å². The second-order valence-corrected chi connectivity index (χ2v) is 13.4. The second kappa shape index (κ2) is 8.03. The number of carbonyl (C=O) groups excluding carboxylic acids is 1. The standard InChI is InChI=1S/C27H46O5/c1-24(2,31)10-6-11-27(5,32)23-8-7-17-16-13-20(28)19-14-21(29)22(30)15-26(19,4)18(16)9-12-25(17,23)3/h16-19,21-23,29-32H,6-15H2,1-5H3/t16-,17?,18-,19-,21+,22-,23?,25-,26+,27-/m0/s1. The molecule has 184 valence electrons. The van der Waals surface area contributed by atoms with Crippen molar-refractivity contribution in [3.8, 4) is 0 Å². The van der Waals surface area contributed by atoms with Crippen molar-refractivity contribution >= 4 is 5.78 Å². The first-order valence-electron chi connectivity index (χ1n) is 13.0. The molecule has 2 unspecified atom stereocenters. The Balaban J connectivity index is 1.54. The van der Waals surface area contributed by atoms with Gasteiger partial charge in [0.15, 0.2) is 0 Å². The molecule has 10 atom stereocenters. The van der Waals surface area contributed by atoms with E-state index < -0.39 is 23.4 Å². The lowest BCUT2D eigenvalue weighted by Gasteiger charge is -2.61. The zero-order chi connectivity index (χ0) is 23.7. The van der Waals surface area contributed by atoms with Crippen LogP contribution >= 0.6 is 0 Å². The molecule has 0 aromatic carbocycles. The van der Waals surface area contributed by atoms with Crippen molar-refractivity contribution in [2.24, 2.45) is 40.4 Å². The fourth-order valence-corrected chi connectivity index (χ4v) is 9.15. The maximum absolute atomic E-state index is 13.3. The maximum Gasteiger partial charge on any atom is 0.136 e. The van der Waals surface area contributed by atoms with Gasteiger partial charge in [-0.15, -0.1) is 0 Å². The fraction of sp³-hybridized carbons (Fsp3) is 0.963. The van der Waals surface area contributed by atoms with E-state index in [4.69, 9.17) is 0 Å². The molecule has 4 rings (SSSR count). The lowest BCUT2D eigenvalue weighted by Crippen LogP contribution is -2.60. The zero-order valence-electron chi connectivity index (χ0n) is 20.8. The Labute approximate surface area is 194 Å². The van der Waals surface area contributed by atoms with E-state index in [1.807, 2.05) is 20.8 Å². The molecule has 5 nitrogen and oxygen atoms in total. The number of carbonyl (C=O) groups is 1. The molecule has 0 spiro atoms. The summed E-state index contributed by atoms with van der Waals surface area (Å²) in [5, 5.41) is 42.3. The van der Waals surface area contributed by atoms with E-state index in [9.17, 15) is 25.2 Å². The third-order valence-corrected chi connectivity index (χ3v) is 10.7. The van der Waals surface area contributed by atoms with E-state index >= 15 is 0 Å². The van der Waals surface area contributed by atoms with Gasteiger partial charge in [0.05, 0.1) is 23.4 Å². The highest BCUT2D eigenvalue weighted by Crippen LogP contribution is 2.68. The maximum atomic E-state index is 13.3. The summed E-state index contributed by atoms with van der Waals surface area (Å²) in [6.45, 7) is 10.2. The summed E-state index contributed by atoms with van der Waals surface area (Å²) in [5.74, 6) is 1.52. The predicted molar refractivity (Wildman–Crippen MR) is 124 cm³/mol. The molecule has 0 radical (unpaired) electrons. The molecule has 0 heterocycles. The smallest absolute Gasteiger partial charge is 0.136 e. The number of hydrogen-bond donors (Lipinski definition) is 4. The van der Waals surface area contributed by atoms with Crippen LogP contribution in [0.1, 0.15) is 98.8 Å². The van der Waals surface area contributed by atoms with Gasteiger partial charge in [0.1, 0.15) is 5.78 Å². The molecular formula is C27H46O5. The Morgan fingerprint density at radius 2 is 1.59 bits per heavy atom. The van der Waals surface area contributed by atoms with Crippen LogP contribution in [0.25, 0.3) is 0 Å². The molecule has 0 bridgehead atoms. The quantitative estimate of drug-likeness (QED) is 0.510. The Bertz CT molecular complexity index is 726. The molecule has 0 aromatic rings. The molecule has 0 saturated heterocycles. The van der Waals surface area contributed by atoms with E-state index in [0.29, 0.717) is 49.9 Å². The second-order valence-electron chi connectivity index (χ2n) is 13.4. The summed E-state index contributed by atoms with van der Waals surface area (Å²) >= 11 is 0. The lowest BCUT2D eigenvalue weighted by molar-refractivity contribution is -0.177. The summed E-state index contributed by atoms with van der Waals surface area (Å²) in [6.07, 6.45) is 6.34. The van der Waals surface area contributed by atoms with Gasteiger partial charge in [-0.3, -0.25) is 4.79 Å². The van der Waals surface area contributed by atoms with Gasteiger partial charge < -0.3 is 20.4 Å². The van der Waals surface area contributed by atoms with Crippen LogP contribution in [0.2, 0.25) is 0 Å². The van der Waals surface area contributed by atoms with E-state index in [1.54, 1.807) is 0 Å². The van der Waals surface area contributed by atoms with Crippen molar-refractivity contribution in [3.63, 3.8) is 0 Å². The molecule has 5 heteroatoms. The monoisotopic (exact) mass is 450 g/mol. The Morgan fingerprint density at radius 1 is 0.938 bits per heavy atom. The third kappa shape index (κ3) is 3.99. The summed E-state index contributed by atoms with van der Waals surface area (Å²) in [5.41, 5.74) is -1.68. The Hall–Kier alpha value is -0.490. The van der Waals surface area contributed by atoms with Crippen molar-refractivity contribution in [2.75, 3.05) is 0 Å². The van der Waals surface area contributed by atoms with Gasteiger partial charge in [-0.05, 0) is 113 Å². The Morgan fingerprint density at radius 3 is 2.25 bits per heavy atom.